The number of pyridine rings is 1. The highest BCUT2D eigenvalue weighted by molar-refractivity contribution is 5.96. The van der Waals surface area contributed by atoms with Gasteiger partial charge in [-0.15, -0.1) is 0 Å². The second kappa shape index (κ2) is 8.12. The Hall–Kier alpha value is -3.35. The highest BCUT2D eigenvalue weighted by atomic mass is 19.2. The van der Waals surface area contributed by atoms with Gasteiger partial charge in [0.25, 0.3) is 5.91 Å². The topological polar surface area (TPSA) is 51.2 Å². The van der Waals surface area contributed by atoms with Crippen molar-refractivity contribution in [3.05, 3.63) is 82.9 Å². The third kappa shape index (κ3) is 4.14. The quantitative estimate of drug-likeness (QED) is 0.661. The van der Waals surface area contributed by atoms with E-state index in [2.05, 4.69) is 10.3 Å². The van der Waals surface area contributed by atoms with E-state index in [0.29, 0.717) is 11.3 Å². The monoisotopic (exact) mass is 386 g/mol. The van der Waals surface area contributed by atoms with Crippen LogP contribution in [-0.4, -0.2) is 17.9 Å². The van der Waals surface area contributed by atoms with Crippen molar-refractivity contribution in [1.29, 1.82) is 0 Å². The zero-order valence-corrected chi connectivity index (χ0v) is 15.2. The number of carbonyl (C=O) groups excluding carboxylic acids is 1. The van der Waals surface area contributed by atoms with Gasteiger partial charge >= 0.3 is 0 Å². The van der Waals surface area contributed by atoms with Crippen molar-refractivity contribution in [3.8, 4) is 16.9 Å². The number of nitrogens with one attached hydrogen (secondary N) is 1. The molecule has 0 fully saturated rings. The van der Waals surface area contributed by atoms with Gasteiger partial charge in [-0.05, 0) is 41.8 Å². The fraction of sp³-hybridized carbons (Fsp3) is 0.143. The molecule has 0 spiro atoms. The SMILES string of the molecule is CNC(=O)c1ccc(-c2ccnc(COc3cc(F)c(F)c(F)c3)c2)cc1C. The maximum absolute atomic E-state index is 13.3. The van der Waals surface area contributed by atoms with Crippen LogP contribution >= 0.6 is 0 Å². The molecule has 28 heavy (non-hydrogen) atoms. The van der Waals surface area contributed by atoms with Gasteiger partial charge in [0.15, 0.2) is 17.5 Å². The van der Waals surface area contributed by atoms with Crippen LogP contribution in [0.25, 0.3) is 11.1 Å². The maximum atomic E-state index is 13.3. The largest absolute Gasteiger partial charge is 0.487 e. The van der Waals surface area contributed by atoms with E-state index in [1.54, 1.807) is 31.4 Å². The van der Waals surface area contributed by atoms with Crippen molar-refractivity contribution in [1.82, 2.24) is 10.3 Å². The summed E-state index contributed by atoms with van der Waals surface area (Å²) in [5.74, 6) is -4.46. The molecule has 4 nitrogen and oxygen atoms in total. The zero-order chi connectivity index (χ0) is 20.3. The third-order valence-electron chi connectivity index (χ3n) is 4.19. The first-order chi connectivity index (χ1) is 13.4. The maximum Gasteiger partial charge on any atom is 0.251 e. The number of hydrogen-bond donors (Lipinski definition) is 1. The van der Waals surface area contributed by atoms with Crippen LogP contribution in [0.1, 0.15) is 21.6 Å². The predicted octanol–water partition coefficient (Wildman–Crippen LogP) is 4.41. The van der Waals surface area contributed by atoms with Crippen LogP contribution in [0.2, 0.25) is 0 Å². The molecule has 0 saturated heterocycles. The molecule has 3 aromatic rings. The van der Waals surface area contributed by atoms with E-state index in [9.17, 15) is 18.0 Å². The molecule has 3 rings (SSSR count). The van der Waals surface area contributed by atoms with Gasteiger partial charge in [-0.25, -0.2) is 13.2 Å². The first-order valence-electron chi connectivity index (χ1n) is 8.44. The third-order valence-corrected chi connectivity index (χ3v) is 4.19. The number of halogens is 3. The summed E-state index contributed by atoms with van der Waals surface area (Å²) in [5, 5.41) is 2.59. The molecule has 1 N–H and O–H groups in total. The second-order valence-corrected chi connectivity index (χ2v) is 6.13. The van der Waals surface area contributed by atoms with Gasteiger partial charge < -0.3 is 10.1 Å². The molecule has 0 saturated carbocycles. The van der Waals surface area contributed by atoms with E-state index < -0.39 is 17.5 Å². The lowest BCUT2D eigenvalue weighted by molar-refractivity contribution is 0.0962. The number of nitrogens with zero attached hydrogens (tertiary/aromatic N) is 1. The van der Waals surface area contributed by atoms with Crippen LogP contribution in [0.4, 0.5) is 13.2 Å². The van der Waals surface area contributed by atoms with Gasteiger partial charge in [0.2, 0.25) is 0 Å². The molecule has 7 heteroatoms. The number of carbonyl (C=O) groups is 1. The minimum absolute atomic E-state index is 0.0480. The molecule has 1 heterocycles. The molecule has 0 radical (unpaired) electrons. The van der Waals surface area contributed by atoms with Gasteiger partial charge in [-0.1, -0.05) is 12.1 Å². The zero-order valence-electron chi connectivity index (χ0n) is 15.2. The minimum Gasteiger partial charge on any atom is -0.487 e. The Morgan fingerprint density at radius 2 is 1.71 bits per heavy atom. The number of rotatable bonds is 5. The van der Waals surface area contributed by atoms with E-state index in [1.807, 2.05) is 19.1 Å². The van der Waals surface area contributed by atoms with Crippen molar-refractivity contribution in [2.24, 2.45) is 0 Å². The van der Waals surface area contributed by atoms with Gasteiger partial charge in [0, 0.05) is 30.9 Å². The molecule has 0 aliphatic carbocycles. The normalized spacial score (nSPS) is 10.6. The first-order valence-corrected chi connectivity index (χ1v) is 8.44. The minimum atomic E-state index is -1.54. The lowest BCUT2D eigenvalue weighted by atomic mass is 9.99. The summed E-state index contributed by atoms with van der Waals surface area (Å²) in [6.45, 7) is 1.80. The molecule has 0 bridgehead atoms. The summed E-state index contributed by atoms with van der Waals surface area (Å²) in [6.07, 6.45) is 1.59. The van der Waals surface area contributed by atoms with Crippen LogP contribution in [0, 0.1) is 24.4 Å². The van der Waals surface area contributed by atoms with Crippen molar-refractivity contribution in [2.45, 2.75) is 13.5 Å². The lowest BCUT2D eigenvalue weighted by Crippen LogP contribution is -2.18. The highest BCUT2D eigenvalue weighted by Gasteiger charge is 2.12. The summed E-state index contributed by atoms with van der Waals surface area (Å²) in [5.41, 5.74) is 3.66. The Balaban J connectivity index is 1.79. The van der Waals surface area contributed by atoms with Gasteiger partial charge in [0.05, 0.1) is 5.69 Å². The molecule has 144 valence electrons. The number of amides is 1. The summed E-state index contributed by atoms with van der Waals surface area (Å²) in [7, 11) is 1.57. The average Bonchev–Trinajstić information content (AvgIpc) is 2.70. The van der Waals surface area contributed by atoms with Crippen molar-refractivity contribution in [3.63, 3.8) is 0 Å². The fourth-order valence-electron chi connectivity index (χ4n) is 2.74. The summed E-state index contributed by atoms with van der Waals surface area (Å²) < 4.78 is 44.9. The van der Waals surface area contributed by atoms with E-state index in [1.165, 1.54) is 0 Å². The molecule has 1 amide bonds. The first kappa shape index (κ1) is 19.4. The Kier molecular flexibility index (Phi) is 5.63. The number of ether oxygens (including phenoxy) is 1. The molecular weight excluding hydrogens is 369 g/mol. The van der Waals surface area contributed by atoms with E-state index in [0.717, 1.165) is 28.8 Å². The van der Waals surface area contributed by atoms with E-state index in [-0.39, 0.29) is 18.3 Å². The molecule has 0 aliphatic rings. The van der Waals surface area contributed by atoms with E-state index in [4.69, 9.17) is 4.74 Å². The Morgan fingerprint density at radius 1 is 1.04 bits per heavy atom. The predicted molar refractivity (Wildman–Crippen MR) is 98.4 cm³/mol. The van der Waals surface area contributed by atoms with Crippen LogP contribution < -0.4 is 10.1 Å². The average molecular weight is 386 g/mol. The van der Waals surface area contributed by atoms with Crippen LogP contribution in [0.3, 0.4) is 0 Å². The summed E-state index contributed by atoms with van der Waals surface area (Å²) in [4.78, 5) is 16.0. The summed E-state index contributed by atoms with van der Waals surface area (Å²) in [6, 6.07) is 10.6. The van der Waals surface area contributed by atoms with Crippen LogP contribution in [0.5, 0.6) is 5.75 Å². The Bertz CT molecular complexity index is 1010. The van der Waals surface area contributed by atoms with Crippen LogP contribution in [0.15, 0.2) is 48.7 Å². The lowest BCUT2D eigenvalue weighted by Gasteiger charge is -2.10. The number of aromatic nitrogens is 1. The number of aryl methyl sites for hydroxylation is 1. The van der Waals surface area contributed by atoms with Crippen molar-refractivity contribution < 1.29 is 22.7 Å². The molecule has 2 aromatic carbocycles. The van der Waals surface area contributed by atoms with Gasteiger partial charge in [-0.2, -0.15) is 0 Å². The van der Waals surface area contributed by atoms with Gasteiger partial charge in [0.1, 0.15) is 12.4 Å². The van der Waals surface area contributed by atoms with Gasteiger partial charge in [-0.3, -0.25) is 9.78 Å². The smallest absolute Gasteiger partial charge is 0.251 e. The van der Waals surface area contributed by atoms with Crippen molar-refractivity contribution >= 4 is 5.91 Å². The second-order valence-electron chi connectivity index (χ2n) is 6.13. The molecule has 0 atom stereocenters. The van der Waals surface area contributed by atoms with E-state index >= 15 is 0 Å². The molecular formula is C21H17F3N2O2. The molecule has 1 aromatic heterocycles. The standard InChI is InChI=1S/C21H17F3N2O2/c1-12-7-13(3-4-17(12)21(27)25-2)14-5-6-26-15(8-14)11-28-16-9-18(22)20(24)19(23)10-16/h3-10H,11H2,1-2H3,(H,25,27). The molecule has 0 unspecified atom stereocenters. The highest BCUT2D eigenvalue weighted by Crippen LogP contribution is 2.24. The molecule has 0 aliphatic heterocycles. The fourth-order valence-corrected chi connectivity index (χ4v) is 2.74. The van der Waals surface area contributed by atoms with Crippen molar-refractivity contribution in [2.75, 3.05) is 7.05 Å². The summed E-state index contributed by atoms with van der Waals surface area (Å²) >= 11 is 0. The Morgan fingerprint density at radius 3 is 2.36 bits per heavy atom. The number of hydrogen-bond acceptors (Lipinski definition) is 3. The number of benzene rings is 2. The Labute approximate surface area is 160 Å². The van der Waals surface area contributed by atoms with Crippen LogP contribution in [-0.2, 0) is 6.61 Å².